The van der Waals surface area contributed by atoms with Gasteiger partial charge in [0.2, 0.25) is 0 Å². The Morgan fingerprint density at radius 3 is 2.39 bits per heavy atom. The lowest BCUT2D eigenvalue weighted by Gasteiger charge is -2.49. The molecule has 1 aromatic heterocycles. The number of likely N-dealkylation sites (N-methyl/N-ethyl adjacent to an activating group) is 2. The number of fused-ring (bicyclic) bond motifs is 1. The molecule has 20 heteroatoms. The zero-order valence-corrected chi connectivity index (χ0v) is 44.5. The number of aliphatic hydroxyl groups excluding tert-OH is 1. The Labute approximate surface area is 419 Å². The number of aryl methyl sites for hydroxylation is 1. The number of esters is 1. The summed E-state index contributed by atoms with van der Waals surface area (Å²) < 4.78 is 58.5. The van der Waals surface area contributed by atoms with Crippen molar-refractivity contribution >= 4 is 18.2 Å². The van der Waals surface area contributed by atoms with Crippen LogP contribution >= 0.6 is 0 Å². The molecule has 71 heavy (non-hydrogen) atoms. The van der Waals surface area contributed by atoms with Crippen molar-refractivity contribution in [2.75, 3.05) is 34.8 Å². The van der Waals surface area contributed by atoms with E-state index in [2.05, 4.69) is 21.7 Å². The number of aliphatic hydroxyl groups is 2. The molecule has 0 unspecified atom stereocenters. The predicted octanol–water partition coefficient (Wildman–Crippen LogP) is 4.97. The van der Waals surface area contributed by atoms with E-state index in [0.29, 0.717) is 25.2 Å². The molecule has 5 heterocycles. The van der Waals surface area contributed by atoms with Gasteiger partial charge in [0.05, 0.1) is 55.2 Å². The van der Waals surface area contributed by atoms with Crippen LogP contribution in [0.4, 0.5) is 9.59 Å². The first-order valence-corrected chi connectivity index (χ1v) is 25.2. The quantitative estimate of drug-likeness (QED) is 0.189. The van der Waals surface area contributed by atoms with E-state index < -0.39 is 102 Å². The number of alkyl carbamates (subject to hydrolysis) is 1. The van der Waals surface area contributed by atoms with E-state index in [9.17, 15) is 24.6 Å². The van der Waals surface area contributed by atoms with E-state index in [1.807, 2.05) is 90.7 Å². The second kappa shape index (κ2) is 23.1. The van der Waals surface area contributed by atoms with Crippen LogP contribution in [0.2, 0.25) is 0 Å². The smallest absolute Gasteiger partial charge is 0.458 e. The largest absolute Gasteiger partial charge is 0.509 e. The Morgan fingerprint density at radius 2 is 1.73 bits per heavy atom. The van der Waals surface area contributed by atoms with Crippen molar-refractivity contribution in [3.05, 3.63) is 47.3 Å². The van der Waals surface area contributed by atoms with Crippen LogP contribution in [0.1, 0.15) is 112 Å². The highest BCUT2D eigenvalue weighted by Crippen LogP contribution is 2.42. The maximum absolute atomic E-state index is 14.8. The third-order valence-corrected chi connectivity index (χ3v) is 15.3. The van der Waals surface area contributed by atoms with Crippen LogP contribution in [0.3, 0.4) is 0 Å². The second-order valence-corrected chi connectivity index (χ2v) is 21.7. The lowest BCUT2D eigenvalue weighted by atomic mass is 9.77. The van der Waals surface area contributed by atoms with E-state index in [1.54, 1.807) is 45.5 Å². The second-order valence-electron chi connectivity index (χ2n) is 21.7. The van der Waals surface area contributed by atoms with Crippen molar-refractivity contribution in [2.24, 2.45) is 17.8 Å². The maximum atomic E-state index is 14.8. The van der Waals surface area contributed by atoms with Gasteiger partial charge in [-0.3, -0.25) is 9.69 Å². The Morgan fingerprint density at radius 1 is 1.01 bits per heavy atom. The molecule has 4 saturated heterocycles. The molecule has 0 spiro atoms. The average molecular weight is 1000 g/mol. The summed E-state index contributed by atoms with van der Waals surface area (Å²) in [6.45, 7) is 21.2. The molecular weight excluding hydrogens is 921 g/mol. The van der Waals surface area contributed by atoms with Crippen LogP contribution in [0.5, 0.6) is 0 Å². The minimum Gasteiger partial charge on any atom is -0.458 e. The van der Waals surface area contributed by atoms with Crippen molar-refractivity contribution in [3.63, 3.8) is 0 Å². The molecule has 1 amide bonds. The lowest BCUT2D eigenvalue weighted by Crippen LogP contribution is -2.61. The summed E-state index contributed by atoms with van der Waals surface area (Å²) in [6, 6.07) is 7.40. The number of hydrogen-bond donors (Lipinski definition) is 3. The van der Waals surface area contributed by atoms with E-state index in [1.165, 1.54) is 7.11 Å². The molecule has 0 radical (unpaired) electrons. The molecule has 6 rings (SSSR count). The van der Waals surface area contributed by atoms with Crippen LogP contribution in [0.25, 0.3) is 0 Å². The van der Waals surface area contributed by atoms with E-state index >= 15 is 0 Å². The van der Waals surface area contributed by atoms with E-state index in [4.69, 9.17) is 42.6 Å². The number of carbonyl (C=O) groups excluding carboxylic acids is 3. The fraction of sp³-hybridized carbons (Fsp3) is 0.784. The molecule has 0 bridgehead atoms. The molecule has 400 valence electrons. The minimum atomic E-state index is -1.61. The number of ether oxygens (including phenoxy) is 9. The Kier molecular flexibility index (Phi) is 18.3. The Balaban J connectivity index is 1.28. The van der Waals surface area contributed by atoms with Crippen molar-refractivity contribution in [1.29, 1.82) is 0 Å². The van der Waals surface area contributed by atoms with Gasteiger partial charge in [-0.1, -0.05) is 55.8 Å². The highest BCUT2D eigenvalue weighted by Gasteiger charge is 2.58. The van der Waals surface area contributed by atoms with E-state index in [0.717, 1.165) is 11.1 Å². The first kappa shape index (κ1) is 56.3. The average Bonchev–Trinajstić information content (AvgIpc) is 3.88. The van der Waals surface area contributed by atoms with Gasteiger partial charge in [-0.2, -0.15) is 0 Å². The molecular formula is C51H82N6O14. The van der Waals surface area contributed by atoms with Gasteiger partial charge in [-0.05, 0) is 107 Å². The van der Waals surface area contributed by atoms with Gasteiger partial charge in [0.25, 0.3) is 0 Å². The normalized spacial score (nSPS) is 39.9. The number of amides is 1. The van der Waals surface area contributed by atoms with Gasteiger partial charge in [-0.15, -0.1) is 5.10 Å². The number of cyclic esters (lactones) is 1. The molecule has 0 aliphatic carbocycles. The standard InChI is InChI=1S/C51H82N6O14/c1-16-38-51(11)43(70-48(61)71-51)33(7)56(14)25-29(3)22-49(9,62)42(68-46-40(58)37(55(12)13)21-30(4)64-46)31(5)41(32(6)45(59)66-38)67-39-23-50(10,63-15)44(34(8)65-39)69-47(60)52-24-36-27-57(54-53-36)26-35-19-17-18-28(2)20-35/h17-20,27,29-34,37-44,46,58,62H,16,21-26H2,1-15H3,(H,52,60)/t29-,30-,31+,32-,33-,34+,37+,38+,39+,40-,41-,42-,43+,44+,46+,49-,50-,51-/m1/s1. The minimum absolute atomic E-state index is 0.0460. The van der Waals surface area contributed by atoms with Crippen molar-refractivity contribution in [1.82, 2.24) is 30.1 Å². The Bertz CT molecular complexity index is 2110. The summed E-state index contributed by atoms with van der Waals surface area (Å²) in [5.41, 5.74) is -1.38. The van der Waals surface area contributed by atoms with Crippen LogP contribution in [0.15, 0.2) is 30.5 Å². The predicted molar refractivity (Wildman–Crippen MR) is 259 cm³/mol. The molecule has 1 aromatic carbocycles. The van der Waals surface area contributed by atoms with Gasteiger partial charge in [-0.25, -0.2) is 14.3 Å². The van der Waals surface area contributed by atoms with Crippen molar-refractivity contribution in [2.45, 2.75) is 205 Å². The molecule has 4 fully saturated rings. The highest BCUT2D eigenvalue weighted by atomic mass is 16.8. The SMILES string of the molecule is CC[C@@H]1OC(=O)[C@H](C)[C@H](O[C@H]2C[C@@](C)(OC)[C@@H](OC(=O)NCc3cn(Cc4cccc(C)c4)nn3)[C@H](C)O2)[C@H](C)[C@@H](O[C@@H]2O[C@H](C)C[C@H](N(C)C)[C@H]2O)[C@](C)(O)C[C@@H](C)CN(C)[C@H](C)[C@@H]2OC(=O)O[C@]12C. The van der Waals surface area contributed by atoms with Gasteiger partial charge < -0.3 is 63.1 Å². The van der Waals surface area contributed by atoms with Gasteiger partial charge in [0, 0.05) is 38.1 Å². The molecule has 4 aliphatic heterocycles. The summed E-state index contributed by atoms with van der Waals surface area (Å²) in [5, 5.41) is 35.8. The fourth-order valence-corrected chi connectivity index (χ4v) is 11.4. The number of nitrogens with zero attached hydrogens (tertiary/aromatic N) is 5. The van der Waals surface area contributed by atoms with Gasteiger partial charge in [0.15, 0.2) is 30.4 Å². The van der Waals surface area contributed by atoms with Gasteiger partial charge >= 0.3 is 18.2 Å². The zero-order chi connectivity index (χ0) is 52.3. The summed E-state index contributed by atoms with van der Waals surface area (Å²) in [5.74, 6) is -2.70. The monoisotopic (exact) mass is 1000 g/mol. The van der Waals surface area contributed by atoms with Crippen LogP contribution in [-0.4, -0.2) is 178 Å². The number of nitrogens with one attached hydrogen (secondary N) is 1. The maximum Gasteiger partial charge on any atom is 0.509 e. The highest BCUT2D eigenvalue weighted by molar-refractivity contribution is 5.73. The first-order valence-electron chi connectivity index (χ1n) is 25.2. The molecule has 20 nitrogen and oxygen atoms in total. The lowest BCUT2D eigenvalue weighted by molar-refractivity contribution is -0.317. The topological polar surface area (TPSA) is 224 Å². The summed E-state index contributed by atoms with van der Waals surface area (Å²) in [6.07, 6.45) is -7.92. The number of benzene rings is 1. The molecule has 18 atom stereocenters. The fourth-order valence-electron chi connectivity index (χ4n) is 11.4. The summed E-state index contributed by atoms with van der Waals surface area (Å²) >= 11 is 0. The molecule has 3 N–H and O–H groups in total. The van der Waals surface area contributed by atoms with Gasteiger partial charge in [0.1, 0.15) is 23.5 Å². The third-order valence-electron chi connectivity index (χ3n) is 15.3. The van der Waals surface area contributed by atoms with Crippen LogP contribution in [-0.2, 0) is 60.5 Å². The number of carbonyl (C=O) groups is 3. The van der Waals surface area contributed by atoms with E-state index in [-0.39, 0.29) is 49.9 Å². The first-order chi connectivity index (χ1) is 33.3. The number of hydrogen-bond acceptors (Lipinski definition) is 18. The van der Waals surface area contributed by atoms with Crippen molar-refractivity contribution in [3.8, 4) is 0 Å². The van der Waals surface area contributed by atoms with Crippen molar-refractivity contribution < 1.29 is 67.2 Å². The molecule has 4 aliphatic rings. The molecule has 2 aromatic rings. The number of aromatic nitrogens is 3. The van der Waals surface area contributed by atoms with Crippen LogP contribution in [0, 0.1) is 24.7 Å². The number of methoxy groups -OCH3 is 1. The third kappa shape index (κ3) is 13.0. The number of rotatable bonds is 12. The summed E-state index contributed by atoms with van der Waals surface area (Å²) in [4.78, 5) is 45.1. The molecule has 0 saturated carbocycles. The Hall–Kier alpha value is -3.99. The summed E-state index contributed by atoms with van der Waals surface area (Å²) in [7, 11) is 7.19. The zero-order valence-electron chi connectivity index (χ0n) is 44.5. The van der Waals surface area contributed by atoms with Crippen LogP contribution < -0.4 is 5.32 Å².